The molecule has 0 heterocycles. The third-order valence-electron chi connectivity index (χ3n) is 3.85. The molecule has 108 valence electrons. The van der Waals surface area contributed by atoms with Gasteiger partial charge in [-0.1, -0.05) is 58.4 Å². The Balaban J connectivity index is 2.86. The van der Waals surface area contributed by atoms with E-state index in [1.54, 1.807) is 0 Å². The maximum absolute atomic E-state index is 9.59. The molecule has 0 aliphatic heterocycles. The van der Waals surface area contributed by atoms with Gasteiger partial charge in [0.2, 0.25) is 0 Å². The number of hydrogen-bond acceptors (Lipinski definition) is 2. The highest BCUT2D eigenvalue weighted by molar-refractivity contribution is 5.28. The van der Waals surface area contributed by atoms with Gasteiger partial charge in [-0.05, 0) is 29.4 Å². The zero-order valence-electron chi connectivity index (χ0n) is 12.7. The largest absolute Gasteiger partial charge is 0.396 e. The van der Waals surface area contributed by atoms with Crippen LogP contribution in [-0.2, 0) is 11.8 Å². The molecule has 2 N–H and O–H groups in total. The molecule has 1 rings (SSSR count). The summed E-state index contributed by atoms with van der Waals surface area (Å²) in [6, 6.07) is 8.55. The molecule has 0 amide bonds. The Labute approximate surface area is 117 Å². The summed E-state index contributed by atoms with van der Waals surface area (Å²) in [5.41, 5.74) is 2.28. The summed E-state index contributed by atoms with van der Waals surface area (Å²) in [5.74, 6) is 0. The van der Waals surface area contributed by atoms with E-state index in [1.165, 1.54) is 11.1 Å². The smallest absolute Gasteiger partial charge is 0.0512 e. The van der Waals surface area contributed by atoms with Crippen molar-refractivity contribution in [3.63, 3.8) is 0 Å². The fourth-order valence-corrected chi connectivity index (χ4v) is 2.49. The number of aliphatic hydroxyl groups excluding tert-OH is 2. The van der Waals surface area contributed by atoms with Crippen molar-refractivity contribution in [1.29, 1.82) is 0 Å². The molecule has 0 radical (unpaired) electrons. The Bertz CT molecular complexity index is 369. The summed E-state index contributed by atoms with van der Waals surface area (Å²) in [6.45, 7) is 8.76. The van der Waals surface area contributed by atoms with Gasteiger partial charge in [0, 0.05) is 5.41 Å². The highest BCUT2D eigenvalue weighted by atomic mass is 16.3. The molecule has 0 fully saturated rings. The minimum Gasteiger partial charge on any atom is -0.396 e. The van der Waals surface area contributed by atoms with E-state index in [2.05, 4.69) is 52.0 Å². The summed E-state index contributed by atoms with van der Waals surface area (Å²) < 4.78 is 0. The summed E-state index contributed by atoms with van der Waals surface area (Å²) in [6.07, 6.45) is 2.56. The van der Waals surface area contributed by atoms with Crippen LogP contribution in [-0.4, -0.2) is 23.4 Å². The van der Waals surface area contributed by atoms with E-state index in [0.717, 1.165) is 19.3 Å². The first-order valence-corrected chi connectivity index (χ1v) is 7.18. The predicted octanol–water partition coefficient (Wildman–Crippen LogP) is 3.30. The maximum Gasteiger partial charge on any atom is 0.0512 e. The first-order valence-electron chi connectivity index (χ1n) is 7.18. The second-order valence-corrected chi connectivity index (χ2v) is 6.69. The quantitative estimate of drug-likeness (QED) is 0.827. The van der Waals surface area contributed by atoms with Crippen LogP contribution < -0.4 is 0 Å². The molecule has 1 aromatic carbocycles. The molecule has 0 unspecified atom stereocenters. The lowest BCUT2D eigenvalue weighted by molar-refractivity contribution is 0.0466. The van der Waals surface area contributed by atoms with E-state index in [1.807, 2.05) is 0 Å². The molecule has 0 aliphatic carbocycles. The van der Waals surface area contributed by atoms with Crippen molar-refractivity contribution < 1.29 is 10.2 Å². The average Bonchev–Trinajstić information content (AvgIpc) is 2.37. The molecule has 0 bridgehead atoms. The summed E-state index contributed by atoms with van der Waals surface area (Å²) in [5, 5.41) is 19.2. The van der Waals surface area contributed by atoms with Gasteiger partial charge < -0.3 is 10.2 Å². The Morgan fingerprint density at radius 1 is 0.947 bits per heavy atom. The lowest BCUT2D eigenvalue weighted by atomic mass is 9.78. The zero-order chi connectivity index (χ0) is 14.5. The van der Waals surface area contributed by atoms with Crippen LogP contribution in [0.25, 0.3) is 0 Å². The highest BCUT2D eigenvalue weighted by Gasteiger charge is 2.28. The monoisotopic (exact) mass is 264 g/mol. The minimum atomic E-state index is -0.377. The van der Waals surface area contributed by atoms with Crippen LogP contribution in [0.5, 0.6) is 0 Å². The normalized spacial score (nSPS) is 12.7. The van der Waals surface area contributed by atoms with Crippen LogP contribution >= 0.6 is 0 Å². The summed E-state index contributed by atoms with van der Waals surface area (Å²) in [7, 11) is 0. The van der Waals surface area contributed by atoms with Crippen LogP contribution in [0.4, 0.5) is 0 Å². The van der Waals surface area contributed by atoms with Gasteiger partial charge in [-0.15, -0.1) is 0 Å². The van der Waals surface area contributed by atoms with Crippen molar-refractivity contribution in [2.24, 2.45) is 5.41 Å². The lowest BCUT2D eigenvalue weighted by Gasteiger charge is -2.30. The number of hydrogen-bond donors (Lipinski definition) is 2. The van der Waals surface area contributed by atoms with Crippen LogP contribution in [0.15, 0.2) is 24.3 Å². The summed E-state index contributed by atoms with van der Waals surface area (Å²) >= 11 is 0. The molecular weight excluding hydrogens is 236 g/mol. The number of benzene rings is 1. The molecule has 1 aromatic rings. The molecule has 0 spiro atoms. The van der Waals surface area contributed by atoms with Gasteiger partial charge in [-0.25, -0.2) is 0 Å². The number of aliphatic hydroxyl groups is 2. The second kappa shape index (κ2) is 6.53. The number of rotatable bonds is 6. The molecule has 0 saturated carbocycles. The van der Waals surface area contributed by atoms with Gasteiger partial charge in [-0.3, -0.25) is 0 Å². The van der Waals surface area contributed by atoms with Gasteiger partial charge in [0.05, 0.1) is 13.2 Å². The maximum atomic E-state index is 9.59. The van der Waals surface area contributed by atoms with Crippen molar-refractivity contribution in [2.75, 3.05) is 13.2 Å². The van der Waals surface area contributed by atoms with Gasteiger partial charge in [0.25, 0.3) is 0 Å². The molecule has 0 atom stereocenters. The lowest BCUT2D eigenvalue weighted by Crippen LogP contribution is -2.32. The fourth-order valence-electron chi connectivity index (χ4n) is 2.49. The van der Waals surface area contributed by atoms with E-state index in [9.17, 15) is 10.2 Å². The highest BCUT2D eigenvalue weighted by Crippen LogP contribution is 2.29. The average molecular weight is 264 g/mol. The molecule has 0 aliphatic rings. The Morgan fingerprint density at radius 2 is 1.47 bits per heavy atom. The van der Waals surface area contributed by atoms with Crippen LogP contribution in [0.2, 0.25) is 0 Å². The van der Waals surface area contributed by atoms with Gasteiger partial charge in [0.1, 0.15) is 0 Å². The minimum absolute atomic E-state index is 0.0400. The molecule has 19 heavy (non-hydrogen) atoms. The zero-order valence-corrected chi connectivity index (χ0v) is 12.7. The van der Waals surface area contributed by atoms with Crippen LogP contribution in [0, 0.1) is 5.41 Å². The third-order valence-corrected chi connectivity index (χ3v) is 3.85. The Hall–Kier alpha value is -0.860. The van der Waals surface area contributed by atoms with E-state index in [-0.39, 0.29) is 24.0 Å². The third kappa shape index (κ3) is 4.32. The van der Waals surface area contributed by atoms with E-state index >= 15 is 0 Å². The van der Waals surface area contributed by atoms with Gasteiger partial charge in [0.15, 0.2) is 0 Å². The van der Waals surface area contributed by atoms with Crippen molar-refractivity contribution >= 4 is 0 Å². The fraction of sp³-hybridized carbons (Fsp3) is 0.647. The van der Waals surface area contributed by atoms with Crippen molar-refractivity contribution in [2.45, 2.75) is 52.4 Å². The van der Waals surface area contributed by atoms with E-state index < -0.39 is 0 Å². The molecule has 2 heteroatoms. The van der Waals surface area contributed by atoms with E-state index in [0.29, 0.717) is 0 Å². The SMILES string of the molecule is CCCC(CO)(CO)Cc1ccc(C(C)(C)C)cc1. The van der Waals surface area contributed by atoms with Crippen molar-refractivity contribution in [1.82, 2.24) is 0 Å². The first kappa shape index (κ1) is 16.2. The van der Waals surface area contributed by atoms with E-state index in [4.69, 9.17) is 0 Å². The summed E-state index contributed by atoms with van der Waals surface area (Å²) in [4.78, 5) is 0. The van der Waals surface area contributed by atoms with Crippen LogP contribution in [0.3, 0.4) is 0 Å². The second-order valence-electron chi connectivity index (χ2n) is 6.69. The molecule has 0 saturated heterocycles. The molecule has 0 aromatic heterocycles. The Morgan fingerprint density at radius 3 is 1.84 bits per heavy atom. The van der Waals surface area contributed by atoms with Crippen molar-refractivity contribution in [3.8, 4) is 0 Å². The van der Waals surface area contributed by atoms with Gasteiger partial charge >= 0.3 is 0 Å². The topological polar surface area (TPSA) is 40.5 Å². The molecule has 2 nitrogen and oxygen atoms in total. The predicted molar refractivity (Wildman–Crippen MR) is 80.4 cm³/mol. The molecular formula is C17H28O2. The van der Waals surface area contributed by atoms with Crippen molar-refractivity contribution in [3.05, 3.63) is 35.4 Å². The Kier molecular flexibility index (Phi) is 5.57. The van der Waals surface area contributed by atoms with Gasteiger partial charge in [-0.2, -0.15) is 0 Å². The van der Waals surface area contributed by atoms with Crippen LogP contribution in [0.1, 0.15) is 51.7 Å². The standard InChI is InChI=1S/C17H28O2/c1-5-10-17(12-18,13-19)11-14-6-8-15(9-7-14)16(2,3)4/h6-9,18-19H,5,10-13H2,1-4H3. The first-order chi connectivity index (χ1) is 8.87.